The third kappa shape index (κ3) is 2.20. The lowest BCUT2D eigenvalue weighted by atomic mass is 10.2. The Morgan fingerprint density at radius 3 is 2.68 bits per heavy atom. The van der Waals surface area contributed by atoms with E-state index in [0.29, 0.717) is 10.9 Å². The van der Waals surface area contributed by atoms with Crippen molar-refractivity contribution in [2.24, 2.45) is 10.1 Å². The van der Waals surface area contributed by atoms with E-state index in [0.717, 1.165) is 9.98 Å². The molecule has 0 aliphatic carbocycles. The van der Waals surface area contributed by atoms with Crippen molar-refractivity contribution in [3.8, 4) is 0 Å². The second kappa shape index (κ2) is 4.58. The molecule has 0 saturated carbocycles. The highest BCUT2D eigenvalue weighted by atomic mass is 35.5. The summed E-state index contributed by atoms with van der Waals surface area (Å²) in [5.74, 6) is 0.193. The molecule has 0 amide bonds. The van der Waals surface area contributed by atoms with E-state index in [1.165, 1.54) is 16.8 Å². The van der Waals surface area contributed by atoms with Crippen molar-refractivity contribution in [3.63, 3.8) is 0 Å². The molecule has 0 atom stereocenters. The Labute approximate surface area is 119 Å². The number of amidine groups is 1. The number of nitrogens with zero attached hydrogens (tertiary/aromatic N) is 3. The van der Waals surface area contributed by atoms with Gasteiger partial charge in [0.05, 0.1) is 0 Å². The van der Waals surface area contributed by atoms with E-state index in [4.69, 9.17) is 16.7 Å². The van der Waals surface area contributed by atoms with Crippen molar-refractivity contribution in [2.45, 2.75) is 0 Å². The number of hydrazine groups is 1. The Hall–Kier alpha value is -0.900. The van der Waals surface area contributed by atoms with Gasteiger partial charge >= 0.3 is 15.4 Å². The quantitative estimate of drug-likeness (QED) is 0.657. The van der Waals surface area contributed by atoms with Crippen molar-refractivity contribution >= 4 is 44.4 Å². The predicted octanol–water partition coefficient (Wildman–Crippen LogP) is 1.19. The summed E-state index contributed by atoms with van der Waals surface area (Å²) in [5, 5.41) is 7.41. The Morgan fingerprint density at radius 2 is 2.05 bits per heavy atom. The van der Waals surface area contributed by atoms with Gasteiger partial charge in [0.1, 0.15) is 5.88 Å². The molecule has 0 unspecified atom stereocenters. The van der Waals surface area contributed by atoms with Gasteiger partial charge in [0.25, 0.3) is 5.70 Å². The van der Waals surface area contributed by atoms with Gasteiger partial charge in [-0.1, -0.05) is 29.8 Å². The maximum atomic E-state index is 11.6. The third-order valence-electron chi connectivity index (χ3n) is 2.65. The average molecular weight is 317 g/mol. The molecule has 0 bridgehead atoms. The highest BCUT2D eigenvalue weighted by molar-refractivity contribution is 8.14. The molecular formula is C10H9ClN4O2S2+. The van der Waals surface area contributed by atoms with Crippen LogP contribution in [-0.4, -0.2) is 23.9 Å². The number of rotatable bonds is 2. The van der Waals surface area contributed by atoms with Crippen molar-refractivity contribution in [1.82, 2.24) is 9.42 Å². The maximum absolute atomic E-state index is 11.6. The fourth-order valence-electron chi connectivity index (χ4n) is 1.86. The summed E-state index contributed by atoms with van der Waals surface area (Å²) in [6.07, 6.45) is 0. The Balaban J connectivity index is 2.09. The summed E-state index contributed by atoms with van der Waals surface area (Å²) < 4.78 is 24.2. The van der Waals surface area contributed by atoms with Crippen LogP contribution in [0.4, 0.5) is 0 Å². The molecule has 1 aromatic carbocycles. The molecule has 1 radical (unpaired) electrons. The molecule has 99 valence electrons. The van der Waals surface area contributed by atoms with E-state index in [2.05, 4.69) is 4.99 Å². The summed E-state index contributed by atoms with van der Waals surface area (Å²) in [6, 6.07) is 9.22. The molecule has 1 fully saturated rings. The van der Waals surface area contributed by atoms with E-state index in [-0.39, 0.29) is 11.0 Å². The Kier molecular flexibility index (Phi) is 3.16. The standard InChI is InChI=1S/C10H9ClN4O2S2/c11-9-8(7-4-2-1-3-5-7)15-10(13-9)18-6-14(15)19(12,16)17/h1-5H,6H2,(H2,12,16,17)/q+1. The number of thioether (sulfide) groups is 1. The molecule has 2 aliphatic rings. The molecular weight excluding hydrogens is 308 g/mol. The predicted molar refractivity (Wildman–Crippen MR) is 76.2 cm³/mol. The largest absolute Gasteiger partial charge is 0.345 e. The summed E-state index contributed by atoms with van der Waals surface area (Å²) in [6.45, 7) is 0. The molecule has 9 heteroatoms. The van der Waals surface area contributed by atoms with Crippen molar-refractivity contribution < 1.29 is 8.42 Å². The van der Waals surface area contributed by atoms with Crippen LogP contribution in [0.25, 0.3) is 5.70 Å². The zero-order chi connectivity index (χ0) is 13.6. The fraction of sp³-hybridized carbons (Fsp3) is 0.100. The average Bonchev–Trinajstić information content (AvgIpc) is 2.86. The minimum atomic E-state index is -3.86. The van der Waals surface area contributed by atoms with Gasteiger partial charge in [-0.2, -0.15) is 13.4 Å². The van der Waals surface area contributed by atoms with E-state index < -0.39 is 10.2 Å². The number of hydrogen-bond donors (Lipinski definition) is 1. The molecule has 6 nitrogen and oxygen atoms in total. The van der Waals surface area contributed by atoms with Crippen molar-refractivity contribution in [3.05, 3.63) is 41.1 Å². The second-order valence-electron chi connectivity index (χ2n) is 3.85. The molecule has 2 aliphatic heterocycles. The zero-order valence-corrected chi connectivity index (χ0v) is 11.9. The van der Waals surface area contributed by atoms with Crippen LogP contribution in [0.5, 0.6) is 0 Å². The normalized spacial score (nSPS) is 20.8. The van der Waals surface area contributed by atoms with Gasteiger partial charge in [0.2, 0.25) is 5.16 Å². The SMILES string of the molecule is NS(=O)(=O)N1CSC2=NC(Cl)=C(c3ccccc3)[N+]21. The topological polar surface area (TPSA) is 81.7 Å². The van der Waals surface area contributed by atoms with E-state index in [1.54, 1.807) is 0 Å². The van der Waals surface area contributed by atoms with E-state index >= 15 is 0 Å². The third-order valence-corrected chi connectivity index (χ3v) is 4.85. The first-order valence-electron chi connectivity index (χ1n) is 5.25. The number of hydrogen-bond acceptors (Lipinski definition) is 5. The van der Waals surface area contributed by atoms with Crippen molar-refractivity contribution in [1.29, 1.82) is 0 Å². The highest BCUT2D eigenvalue weighted by Gasteiger charge is 2.54. The number of fused-ring (bicyclic) bond motifs is 1. The van der Waals surface area contributed by atoms with Crippen LogP contribution in [0.1, 0.15) is 5.56 Å². The minimum absolute atomic E-state index is 0.193. The van der Waals surface area contributed by atoms with Crippen LogP contribution >= 0.6 is 23.4 Å². The molecule has 1 saturated heterocycles. The van der Waals surface area contributed by atoms with Gasteiger partial charge in [-0.15, -0.1) is 0 Å². The summed E-state index contributed by atoms with van der Waals surface area (Å²) in [7, 11) is -3.86. The minimum Gasteiger partial charge on any atom is -0.212 e. The van der Waals surface area contributed by atoms with Crippen LogP contribution in [-0.2, 0) is 10.2 Å². The molecule has 19 heavy (non-hydrogen) atoms. The molecule has 2 heterocycles. The first-order chi connectivity index (χ1) is 8.98. The molecule has 3 rings (SSSR count). The number of aliphatic imine (C=N–C) groups is 1. The van der Waals surface area contributed by atoms with Gasteiger partial charge in [0.15, 0.2) is 0 Å². The van der Waals surface area contributed by atoms with Gasteiger partial charge in [-0.25, -0.2) is 5.14 Å². The summed E-state index contributed by atoms with van der Waals surface area (Å²) in [5.41, 5.74) is 1.30. The maximum Gasteiger partial charge on any atom is 0.345 e. The lowest BCUT2D eigenvalue weighted by Crippen LogP contribution is -2.48. The Bertz CT molecular complexity index is 687. The number of nitrogens with two attached hydrogens (primary N) is 1. The molecule has 0 aromatic heterocycles. The molecule has 1 aromatic rings. The van der Waals surface area contributed by atoms with Crippen molar-refractivity contribution in [2.75, 3.05) is 5.88 Å². The molecule has 0 spiro atoms. The van der Waals surface area contributed by atoms with Crippen LogP contribution < -0.4 is 10.1 Å². The van der Waals surface area contributed by atoms with Crippen LogP contribution in [0.3, 0.4) is 0 Å². The van der Waals surface area contributed by atoms with Gasteiger partial charge in [0, 0.05) is 15.0 Å². The summed E-state index contributed by atoms with van der Waals surface area (Å²) >= 11 is 7.37. The van der Waals surface area contributed by atoms with Crippen LogP contribution in [0.15, 0.2) is 40.5 Å². The monoisotopic (exact) mass is 316 g/mol. The van der Waals surface area contributed by atoms with Crippen LogP contribution in [0, 0.1) is 0 Å². The zero-order valence-electron chi connectivity index (χ0n) is 9.52. The smallest absolute Gasteiger partial charge is 0.212 e. The second-order valence-corrected chi connectivity index (χ2v) is 6.57. The van der Waals surface area contributed by atoms with Crippen LogP contribution in [0.2, 0.25) is 0 Å². The first-order valence-corrected chi connectivity index (χ1v) is 8.12. The Morgan fingerprint density at radius 1 is 1.37 bits per heavy atom. The van der Waals surface area contributed by atoms with Gasteiger partial charge in [-0.05, 0) is 23.9 Å². The lowest BCUT2D eigenvalue weighted by Gasteiger charge is -2.11. The number of benzene rings is 1. The van der Waals surface area contributed by atoms with Gasteiger partial charge in [-0.3, -0.25) is 0 Å². The van der Waals surface area contributed by atoms with E-state index in [9.17, 15) is 8.42 Å². The number of halogens is 1. The van der Waals surface area contributed by atoms with Gasteiger partial charge < -0.3 is 0 Å². The van der Waals surface area contributed by atoms with E-state index in [1.807, 2.05) is 30.3 Å². The lowest BCUT2D eigenvalue weighted by molar-refractivity contribution is 0.367. The highest BCUT2D eigenvalue weighted by Crippen LogP contribution is 2.39. The summed E-state index contributed by atoms with van der Waals surface area (Å²) in [4.78, 5) is 4.16. The molecule has 2 N–H and O–H groups in total. The fourth-order valence-corrected chi connectivity index (χ4v) is 4.18. The first kappa shape index (κ1) is 13.1.